The molecule has 2 heterocycles. The number of aromatic hydroxyl groups is 1. The average molecular weight is 458 g/mol. The molecule has 3 N–H and O–H groups in total. The highest BCUT2D eigenvalue weighted by molar-refractivity contribution is 6.04. The molecule has 0 bridgehead atoms. The standard InChI is InChI=1S/C24H22N6O4/c1-14-12-15(2)26-24(25-14)28-17-10-8-16(9-11-17)27-23(33)22-19(31)13-21(32)30(29-22)18-6-4-5-7-20(18)34-3/h4-13,31H,1-3H3,(H,27,33)(H,25,26,28). The first kappa shape index (κ1) is 22.5. The molecule has 0 saturated carbocycles. The molecule has 10 heteroatoms. The SMILES string of the molecule is COc1ccccc1-n1nc(C(=O)Nc2ccc(Nc3nc(C)cc(C)n3)cc2)c(O)cc1=O. The van der Waals surface area contributed by atoms with Gasteiger partial charge in [0.15, 0.2) is 11.4 Å². The summed E-state index contributed by atoms with van der Waals surface area (Å²) in [6.45, 7) is 3.78. The number of aryl methyl sites for hydroxylation is 2. The minimum atomic E-state index is -0.681. The molecule has 0 radical (unpaired) electrons. The maximum atomic E-state index is 12.8. The molecule has 1 amide bonds. The number of hydrogen-bond donors (Lipinski definition) is 3. The molecular weight excluding hydrogens is 436 g/mol. The predicted octanol–water partition coefficient (Wildman–Crippen LogP) is 3.35. The van der Waals surface area contributed by atoms with Crippen LogP contribution in [-0.2, 0) is 0 Å². The van der Waals surface area contributed by atoms with Crippen LogP contribution in [-0.4, -0.2) is 37.9 Å². The van der Waals surface area contributed by atoms with Crippen molar-refractivity contribution < 1.29 is 14.6 Å². The lowest BCUT2D eigenvalue weighted by atomic mass is 10.2. The maximum absolute atomic E-state index is 12.8. The van der Waals surface area contributed by atoms with Gasteiger partial charge in [-0.1, -0.05) is 12.1 Å². The van der Waals surface area contributed by atoms with Crippen molar-refractivity contribution in [2.75, 3.05) is 17.7 Å². The molecular formula is C24H22N6O4. The van der Waals surface area contributed by atoms with E-state index in [9.17, 15) is 14.7 Å². The molecule has 0 saturated heterocycles. The van der Waals surface area contributed by atoms with E-state index in [0.29, 0.717) is 23.1 Å². The van der Waals surface area contributed by atoms with E-state index in [1.807, 2.05) is 19.9 Å². The number of para-hydroxylation sites is 2. The largest absolute Gasteiger partial charge is 0.505 e. The van der Waals surface area contributed by atoms with Gasteiger partial charge in [0.1, 0.15) is 11.4 Å². The normalized spacial score (nSPS) is 10.6. The zero-order valence-corrected chi connectivity index (χ0v) is 18.7. The van der Waals surface area contributed by atoms with Crippen LogP contribution in [0.2, 0.25) is 0 Å². The Morgan fingerprint density at radius 1 is 0.971 bits per heavy atom. The number of carbonyl (C=O) groups excluding carboxylic acids is 1. The number of anilines is 3. The van der Waals surface area contributed by atoms with Crippen molar-refractivity contribution in [3.8, 4) is 17.2 Å². The summed E-state index contributed by atoms with van der Waals surface area (Å²) in [5.41, 5.74) is 2.31. The number of nitrogens with one attached hydrogen (secondary N) is 2. The fourth-order valence-corrected chi connectivity index (χ4v) is 3.32. The number of rotatable bonds is 6. The monoisotopic (exact) mass is 458 g/mol. The van der Waals surface area contributed by atoms with Crippen molar-refractivity contribution in [3.05, 3.63) is 88.1 Å². The lowest BCUT2D eigenvalue weighted by Gasteiger charge is -2.12. The van der Waals surface area contributed by atoms with Gasteiger partial charge in [0.05, 0.1) is 7.11 Å². The molecule has 0 aliphatic heterocycles. The van der Waals surface area contributed by atoms with Crippen LogP contribution in [0.3, 0.4) is 0 Å². The van der Waals surface area contributed by atoms with Crippen LogP contribution in [0.4, 0.5) is 17.3 Å². The van der Waals surface area contributed by atoms with Crippen molar-refractivity contribution >= 4 is 23.2 Å². The summed E-state index contributed by atoms with van der Waals surface area (Å²) in [6, 6.07) is 16.4. The van der Waals surface area contributed by atoms with Gasteiger partial charge in [-0.3, -0.25) is 9.59 Å². The van der Waals surface area contributed by atoms with E-state index in [1.165, 1.54) is 7.11 Å². The van der Waals surface area contributed by atoms with Crippen molar-refractivity contribution in [3.63, 3.8) is 0 Å². The molecule has 4 rings (SSSR count). The molecule has 0 spiro atoms. The molecule has 0 fully saturated rings. The first-order chi connectivity index (χ1) is 16.3. The Morgan fingerprint density at radius 2 is 1.62 bits per heavy atom. The number of aromatic nitrogens is 4. The summed E-state index contributed by atoms with van der Waals surface area (Å²) in [5, 5.41) is 20.0. The Kier molecular flexibility index (Phi) is 6.22. The van der Waals surface area contributed by atoms with E-state index in [1.54, 1.807) is 48.5 Å². The predicted molar refractivity (Wildman–Crippen MR) is 127 cm³/mol. The Labute approximate surface area is 194 Å². The number of amides is 1. The quantitative estimate of drug-likeness (QED) is 0.401. The topological polar surface area (TPSA) is 131 Å². The summed E-state index contributed by atoms with van der Waals surface area (Å²) >= 11 is 0. The third-order valence-electron chi connectivity index (χ3n) is 4.82. The molecule has 0 unspecified atom stereocenters. The number of nitrogens with zero attached hydrogens (tertiary/aromatic N) is 4. The molecule has 0 aliphatic carbocycles. The molecule has 34 heavy (non-hydrogen) atoms. The lowest BCUT2D eigenvalue weighted by molar-refractivity contribution is 0.101. The Hall–Kier alpha value is -4.73. The van der Waals surface area contributed by atoms with Crippen LogP contribution >= 0.6 is 0 Å². The minimum Gasteiger partial charge on any atom is -0.505 e. The highest BCUT2D eigenvalue weighted by atomic mass is 16.5. The van der Waals surface area contributed by atoms with Crippen LogP contribution in [0.15, 0.2) is 65.5 Å². The number of ether oxygens (including phenoxy) is 1. The highest BCUT2D eigenvalue weighted by Gasteiger charge is 2.18. The van der Waals surface area contributed by atoms with E-state index >= 15 is 0 Å². The molecule has 4 aromatic rings. The molecule has 172 valence electrons. The second-order valence-corrected chi connectivity index (χ2v) is 7.43. The van der Waals surface area contributed by atoms with Crippen molar-refractivity contribution in [1.29, 1.82) is 0 Å². The molecule has 2 aromatic heterocycles. The van der Waals surface area contributed by atoms with Crippen LogP contribution in [0, 0.1) is 13.8 Å². The summed E-state index contributed by atoms with van der Waals surface area (Å²) < 4.78 is 6.27. The number of benzene rings is 2. The van der Waals surface area contributed by atoms with Gasteiger partial charge in [-0.15, -0.1) is 0 Å². The fourth-order valence-electron chi connectivity index (χ4n) is 3.32. The van der Waals surface area contributed by atoms with Crippen molar-refractivity contribution in [2.45, 2.75) is 13.8 Å². The third-order valence-corrected chi connectivity index (χ3v) is 4.82. The molecule has 2 aromatic carbocycles. The Bertz CT molecular complexity index is 1400. The van der Waals surface area contributed by atoms with E-state index in [4.69, 9.17) is 4.74 Å². The zero-order valence-electron chi connectivity index (χ0n) is 18.7. The van der Waals surface area contributed by atoms with E-state index in [0.717, 1.165) is 27.8 Å². The van der Waals surface area contributed by atoms with Gasteiger partial charge in [-0.2, -0.15) is 9.78 Å². The van der Waals surface area contributed by atoms with Crippen molar-refractivity contribution in [2.24, 2.45) is 0 Å². The lowest BCUT2D eigenvalue weighted by Crippen LogP contribution is -2.25. The summed E-state index contributed by atoms with van der Waals surface area (Å²) in [5.74, 6) is -0.342. The fraction of sp³-hybridized carbons (Fsp3) is 0.125. The van der Waals surface area contributed by atoms with E-state index < -0.39 is 17.2 Å². The third kappa shape index (κ3) is 4.85. The maximum Gasteiger partial charge on any atom is 0.279 e. The Morgan fingerprint density at radius 3 is 2.29 bits per heavy atom. The van der Waals surface area contributed by atoms with Crippen LogP contribution in [0.5, 0.6) is 11.5 Å². The van der Waals surface area contributed by atoms with Gasteiger partial charge in [0.25, 0.3) is 11.5 Å². The van der Waals surface area contributed by atoms with Crippen molar-refractivity contribution in [1.82, 2.24) is 19.7 Å². The molecule has 0 aliphatic rings. The summed E-state index contributed by atoms with van der Waals surface area (Å²) in [4.78, 5) is 33.9. The summed E-state index contributed by atoms with van der Waals surface area (Å²) in [6.07, 6.45) is 0. The highest BCUT2D eigenvalue weighted by Crippen LogP contribution is 2.22. The van der Waals surface area contributed by atoms with Gasteiger partial charge in [0.2, 0.25) is 5.95 Å². The first-order valence-corrected chi connectivity index (χ1v) is 10.3. The smallest absolute Gasteiger partial charge is 0.279 e. The van der Waals surface area contributed by atoms with Gasteiger partial charge in [-0.05, 0) is 56.3 Å². The first-order valence-electron chi connectivity index (χ1n) is 10.3. The molecule has 10 nitrogen and oxygen atoms in total. The number of methoxy groups -OCH3 is 1. The van der Waals surface area contributed by atoms with Gasteiger partial charge < -0.3 is 20.5 Å². The minimum absolute atomic E-state index is 0.309. The van der Waals surface area contributed by atoms with Crippen LogP contribution in [0.25, 0.3) is 5.69 Å². The Balaban J connectivity index is 1.55. The zero-order chi connectivity index (χ0) is 24.2. The second-order valence-electron chi connectivity index (χ2n) is 7.43. The van der Waals surface area contributed by atoms with E-state index in [2.05, 4.69) is 25.7 Å². The average Bonchev–Trinajstić information content (AvgIpc) is 2.80. The number of hydrogen-bond acceptors (Lipinski definition) is 8. The summed E-state index contributed by atoms with van der Waals surface area (Å²) in [7, 11) is 1.46. The second kappa shape index (κ2) is 9.41. The number of carbonyl (C=O) groups is 1. The molecule has 0 atom stereocenters. The van der Waals surface area contributed by atoms with Gasteiger partial charge >= 0.3 is 0 Å². The van der Waals surface area contributed by atoms with Crippen LogP contribution in [0.1, 0.15) is 21.9 Å². The van der Waals surface area contributed by atoms with Gasteiger partial charge in [0, 0.05) is 28.8 Å². The van der Waals surface area contributed by atoms with E-state index in [-0.39, 0.29) is 5.69 Å². The van der Waals surface area contributed by atoms with Gasteiger partial charge in [-0.25, -0.2) is 9.97 Å². The van der Waals surface area contributed by atoms with Crippen LogP contribution < -0.4 is 20.9 Å².